The van der Waals surface area contributed by atoms with Gasteiger partial charge in [-0.25, -0.2) is 8.42 Å². The molecule has 5 rings (SSSR count). The second-order valence-corrected chi connectivity index (χ2v) is 12.2. The lowest BCUT2D eigenvalue weighted by Gasteiger charge is -2.32. The zero-order chi connectivity index (χ0) is 27.0. The van der Waals surface area contributed by atoms with E-state index < -0.39 is 10.0 Å². The largest absolute Gasteiger partial charge is 0.493 e. The van der Waals surface area contributed by atoms with Crippen LogP contribution in [0.15, 0.2) is 39.7 Å². The van der Waals surface area contributed by atoms with E-state index in [9.17, 15) is 18.0 Å². The predicted molar refractivity (Wildman–Crippen MR) is 145 cm³/mol. The fraction of sp³-hybridized carbons (Fsp3) is 0.481. The fourth-order valence-corrected chi connectivity index (χ4v) is 5.60. The van der Waals surface area contributed by atoms with Gasteiger partial charge in [0, 0.05) is 62.7 Å². The first-order valence-corrected chi connectivity index (χ1v) is 14.8. The molecule has 0 unspecified atom stereocenters. The van der Waals surface area contributed by atoms with E-state index in [1.807, 2.05) is 13.0 Å². The Morgan fingerprint density at radius 2 is 1.87 bits per heavy atom. The van der Waals surface area contributed by atoms with Gasteiger partial charge in [-0.15, -0.1) is 0 Å². The molecule has 38 heavy (non-hydrogen) atoms. The highest BCUT2D eigenvalue weighted by molar-refractivity contribution is 7.88. The lowest BCUT2D eigenvalue weighted by Crippen LogP contribution is -2.47. The zero-order valence-corrected chi connectivity index (χ0v) is 22.8. The van der Waals surface area contributed by atoms with Gasteiger partial charge >= 0.3 is 0 Å². The Hall–Kier alpha value is -3.15. The molecule has 3 aromatic rings. The van der Waals surface area contributed by atoms with Gasteiger partial charge in [0.05, 0.1) is 24.8 Å². The summed E-state index contributed by atoms with van der Waals surface area (Å²) in [4.78, 5) is 27.6. The van der Waals surface area contributed by atoms with Crippen molar-refractivity contribution in [2.24, 2.45) is 13.0 Å². The van der Waals surface area contributed by atoms with Crippen LogP contribution in [0.1, 0.15) is 35.9 Å². The Morgan fingerprint density at radius 1 is 1.13 bits per heavy atom. The van der Waals surface area contributed by atoms with Crippen LogP contribution in [0.25, 0.3) is 22.1 Å². The topological polar surface area (TPSA) is 114 Å². The molecule has 0 spiro atoms. The number of piperazine rings is 1. The summed E-state index contributed by atoms with van der Waals surface area (Å²) in [6.45, 7) is 5.44. The van der Waals surface area contributed by atoms with Crippen molar-refractivity contribution in [2.45, 2.75) is 26.3 Å². The minimum Gasteiger partial charge on any atom is -0.493 e. The van der Waals surface area contributed by atoms with Gasteiger partial charge in [-0.3, -0.25) is 14.5 Å². The molecule has 1 aliphatic heterocycles. The molecule has 1 saturated heterocycles. The van der Waals surface area contributed by atoms with Crippen LogP contribution in [0.5, 0.6) is 5.75 Å². The number of nitrogens with zero attached hydrogens (tertiary/aromatic N) is 3. The first-order chi connectivity index (χ1) is 18.1. The third-order valence-electron chi connectivity index (χ3n) is 7.12. The maximum Gasteiger partial charge on any atom is 0.261 e. The van der Waals surface area contributed by atoms with Crippen molar-refractivity contribution in [1.82, 2.24) is 19.1 Å². The Labute approximate surface area is 222 Å². The van der Waals surface area contributed by atoms with Gasteiger partial charge in [-0.1, -0.05) is 0 Å². The number of benzene rings is 1. The highest BCUT2D eigenvalue weighted by Gasteiger charge is 2.26. The molecule has 3 heterocycles. The Bertz CT molecular complexity index is 1510. The van der Waals surface area contributed by atoms with Crippen LogP contribution in [-0.4, -0.2) is 73.7 Å². The predicted octanol–water partition coefficient (Wildman–Crippen LogP) is 2.41. The molecule has 2 fully saturated rings. The summed E-state index contributed by atoms with van der Waals surface area (Å²) < 4.78 is 39.2. The van der Waals surface area contributed by atoms with Crippen LogP contribution in [-0.2, 0) is 23.6 Å². The van der Waals surface area contributed by atoms with Crippen LogP contribution in [0.2, 0.25) is 0 Å². The molecule has 11 heteroatoms. The summed E-state index contributed by atoms with van der Waals surface area (Å²) >= 11 is 0. The molecule has 2 aliphatic rings. The molecule has 0 bridgehead atoms. The Balaban J connectivity index is 1.49. The van der Waals surface area contributed by atoms with Crippen molar-refractivity contribution in [3.63, 3.8) is 0 Å². The molecular formula is C27H34N4O6S. The van der Waals surface area contributed by atoms with Crippen LogP contribution in [0.3, 0.4) is 0 Å². The van der Waals surface area contributed by atoms with E-state index in [0.717, 1.165) is 18.4 Å². The van der Waals surface area contributed by atoms with E-state index in [1.54, 1.807) is 31.4 Å². The van der Waals surface area contributed by atoms with E-state index in [4.69, 9.17) is 9.15 Å². The number of hydrogen-bond donors (Lipinski definition) is 1. The molecule has 1 amide bonds. The summed E-state index contributed by atoms with van der Waals surface area (Å²) in [6.07, 6.45) is 5.24. The number of furan rings is 1. The van der Waals surface area contributed by atoms with E-state index in [2.05, 4.69) is 10.2 Å². The summed E-state index contributed by atoms with van der Waals surface area (Å²) in [5.41, 5.74) is 2.28. The van der Waals surface area contributed by atoms with Crippen LogP contribution >= 0.6 is 0 Å². The number of nitrogens with one attached hydrogen (secondary N) is 1. The average molecular weight is 543 g/mol. The molecular weight excluding hydrogens is 508 g/mol. The number of amides is 1. The third-order valence-corrected chi connectivity index (χ3v) is 8.43. The van der Waals surface area contributed by atoms with E-state index in [1.165, 1.54) is 15.1 Å². The average Bonchev–Trinajstić information content (AvgIpc) is 3.62. The fourth-order valence-electron chi connectivity index (χ4n) is 4.77. The molecule has 1 N–H and O–H groups in total. The van der Waals surface area contributed by atoms with Crippen LogP contribution in [0.4, 0.5) is 0 Å². The number of aryl methyl sites for hydroxylation is 1. The van der Waals surface area contributed by atoms with Gasteiger partial charge in [0.25, 0.3) is 11.5 Å². The molecule has 1 aromatic carbocycles. The van der Waals surface area contributed by atoms with E-state index >= 15 is 0 Å². The molecule has 204 valence electrons. The molecule has 1 aliphatic carbocycles. The van der Waals surface area contributed by atoms with Gasteiger partial charge in [0.15, 0.2) is 0 Å². The van der Waals surface area contributed by atoms with Crippen LogP contribution < -0.4 is 15.6 Å². The number of pyridine rings is 1. The summed E-state index contributed by atoms with van der Waals surface area (Å²) in [7, 11) is -1.50. The Morgan fingerprint density at radius 3 is 2.53 bits per heavy atom. The molecule has 0 radical (unpaired) electrons. The van der Waals surface area contributed by atoms with Crippen molar-refractivity contribution < 1.29 is 22.4 Å². The van der Waals surface area contributed by atoms with Crippen molar-refractivity contribution in [2.75, 3.05) is 45.6 Å². The van der Waals surface area contributed by atoms with E-state index in [0.29, 0.717) is 85.4 Å². The number of aromatic nitrogens is 1. The zero-order valence-electron chi connectivity index (χ0n) is 22.0. The van der Waals surface area contributed by atoms with E-state index in [-0.39, 0.29) is 11.5 Å². The summed E-state index contributed by atoms with van der Waals surface area (Å²) in [6, 6.07) is 7.13. The van der Waals surface area contributed by atoms with Crippen molar-refractivity contribution in [1.29, 1.82) is 0 Å². The van der Waals surface area contributed by atoms with Crippen LogP contribution in [0, 0.1) is 5.92 Å². The molecule has 0 atom stereocenters. The van der Waals surface area contributed by atoms with Gasteiger partial charge in [-0.05, 0) is 49.9 Å². The highest BCUT2D eigenvalue weighted by atomic mass is 32.2. The normalized spacial score (nSPS) is 17.1. The first kappa shape index (κ1) is 26.5. The summed E-state index contributed by atoms with van der Waals surface area (Å²) in [5, 5.41) is 3.29. The molecule has 10 nitrogen and oxygen atoms in total. The van der Waals surface area contributed by atoms with Gasteiger partial charge in [0.2, 0.25) is 10.0 Å². The van der Waals surface area contributed by atoms with Crippen molar-refractivity contribution in [3.05, 3.63) is 52.1 Å². The van der Waals surface area contributed by atoms with Gasteiger partial charge < -0.3 is 19.0 Å². The first-order valence-electron chi connectivity index (χ1n) is 13.0. The molecule has 1 saturated carbocycles. The third kappa shape index (κ3) is 5.64. The Kier molecular flexibility index (Phi) is 7.34. The summed E-state index contributed by atoms with van der Waals surface area (Å²) in [5.74, 6) is 1.57. The second-order valence-electron chi connectivity index (χ2n) is 10.2. The number of ether oxygens (including phenoxy) is 1. The number of sulfonamides is 1. The molecule has 2 aromatic heterocycles. The second kappa shape index (κ2) is 10.5. The minimum absolute atomic E-state index is 0.167. The number of fused-ring (bicyclic) bond motifs is 1. The SMILES string of the molecule is CCNC(=O)c1ccc(-c2cn(C)c(=O)c3cc(CN4CCN(S(C)(=O)=O)CC4)oc23)c(OCC2CC2)c1. The quantitative estimate of drug-likeness (QED) is 0.442. The van der Waals surface area contributed by atoms with Gasteiger partial charge in [0.1, 0.15) is 17.1 Å². The van der Waals surface area contributed by atoms with Crippen molar-refractivity contribution >= 4 is 26.9 Å². The monoisotopic (exact) mass is 542 g/mol. The lowest BCUT2D eigenvalue weighted by atomic mass is 10.0. The number of rotatable bonds is 9. The maximum absolute atomic E-state index is 13.0. The highest BCUT2D eigenvalue weighted by Crippen LogP contribution is 2.38. The number of carbonyl (C=O) groups is 1. The lowest BCUT2D eigenvalue weighted by molar-refractivity contribution is 0.0955. The minimum atomic E-state index is -3.21. The standard InChI is InChI=1S/C27H34N4O6S/c1-4-28-26(32)19-7-8-21(24(13-19)36-17-18-5-6-18)23-16-29(2)27(33)22-14-20(37-25(22)23)15-30-9-11-31(12-10-30)38(3,34)35/h7-8,13-14,16,18H,4-6,9-12,15,17H2,1-3H3,(H,28,32). The van der Waals surface area contributed by atoms with Gasteiger partial charge in [-0.2, -0.15) is 4.31 Å². The van der Waals surface area contributed by atoms with Crippen molar-refractivity contribution in [3.8, 4) is 16.9 Å². The number of hydrogen-bond acceptors (Lipinski definition) is 7. The maximum atomic E-state index is 13.0. The smallest absolute Gasteiger partial charge is 0.261 e. The number of carbonyl (C=O) groups excluding carboxylic acids is 1.